The van der Waals surface area contributed by atoms with Crippen LogP contribution in [0.25, 0.3) is 0 Å². The average molecular weight is 278 g/mol. The summed E-state index contributed by atoms with van der Waals surface area (Å²) >= 11 is 3.69. The van der Waals surface area contributed by atoms with Crippen molar-refractivity contribution < 1.29 is 0 Å². The van der Waals surface area contributed by atoms with E-state index in [4.69, 9.17) is 0 Å². The lowest BCUT2D eigenvalue weighted by Crippen LogP contribution is -2.41. The van der Waals surface area contributed by atoms with Crippen LogP contribution in [0.2, 0.25) is 0 Å². The lowest BCUT2D eigenvalue weighted by atomic mass is 9.83. The van der Waals surface area contributed by atoms with Gasteiger partial charge in [0.25, 0.3) is 0 Å². The van der Waals surface area contributed by atoms with Crippen molar-refractivity contribution in [2.45, 2.75) is 59.4 Å². The molecule has 0 aliphatic heterocycles. The van der Waals surface area contributed by atoms with Crippen LogP contribution in [0.4, 0.5) is 0 Å². The minimum atomic E-state index is 0.470. The highest BCUT2D eigenvalue weighted by atomic mass is 79.9. The Morgan fingerprint density at radius 3 is 1.80 bits per heavy atom. The summed E-state index contributed by atoms with van der Waals surface area (Å²) in [5.41, 5.74) is 0.470. The Kier molecular flexibility index (Phi) is 7.90. The van der Waals surface area contributed by atoms with Crippen LogP contribution in [-0.2, 0) is 0 Å². The molecule has 0 aromatic heterocycles. The summed E-state index contributed by atoms with van der Waals surface area (Å²) in [6, 6.07) is 0.751. The smallest absolute Gasteiger partial charge is 0.01000 e. The Bertz CT molecular complexity index is 142. The molecule has 0 atom stereocenters. The lowest BCUT2D eigenvalue weighted by molar-refractivity contribution is 0.137. The molecule has 0 radical (unpaired) electrons. The largest absolute Gasteiger partial charge is 0.303 e. The van der Waals surface area contributed by atoms with Gasteiger partial charge in [0.1, 0.15) is 0 Å². The predicted molar refractivity (Wildman–Crippen MR) is 73.8 cm³/mol. The molecule has 0 saturated carbocycles. The van der Waals surface area contributed by atoms with Gasteiger partial charge in [-0.3, -0.25) is 0 Å². The van der Waals surface area contributed by atoms with Crippen molar-refractivity contribution in [3.05, 3.63) is 0 Å². The van der Waals surface area contributed by atoms with Gasteiger partial charge in [-0.05, 0) is 38.1 Å². The van der Waals surface area contributed by atoms with Crippen molar-refractivity contribution in [2.24, 2.45) is 5.41 Å². The van der Waals surface area contributed by atoms with Gasteiger partial charge in [0.05, 0.1) is 0 Å². The van der Waals surface area contributed by atoms with Crippen LogP contribution in [0.3, 0.4) is 0 Å². The molecule has 0 spiro atoms. The Morgan fingerprint density at radius 1 is 1.07 bits per heavy atom. The molecular formula is C13H28BrN. The van der Waals surface area contributed by atoms with E-state index in [1.807, 2.05) is 0 Å². The normalized spacial score (nSPS) is 12.8. The van der Waals surface area contributed by atoms with Gasteiger partial charge in [0.15, 0.2) is 0 Å². The monoisotopic (exact) mass is 277 g/mol. The zero-order chi connectivity index (χ0) is 11.9. The van der Waals surface area contributed by atoms with Crippen LogP contribution < -0.4 is 0 Å². The van der Waals surface area contributed by atoms with E-state index < -0.39 is 0 Å². The molecule has 92 valence electrons. The second-order valence-electron chi connectivity index (χ2n) is 4.73. The summed E-state index contributed by atoms with van der Waals surface area (Å²) in [5, 5.41) is 1.12. The quantitative estimate of drug-likeness (QED) is 0.598. The van der Waals surface area contributed by atoms with Crippen molar-refractivity contribution in [3.63, 3.8) is 0 Å². The molecule has 0 N–H and O–H groups in total. The molecule has 0 unspecified atom stereocenters. The van der Waals surface area contributed by atoms with Crippen molar-refractivity contribution in [1.82, 2.24) is 4.90 Å². The van der Waals surface area contributed by atoms with Gasteiger partial charge in [-0.25, -0.2) is 0 Å². The van der Waals surface area contributed by atoms with E-state index in [0.717, 1.165) is 11.4 Å². The van der Waals surface area contributed by atoms with Crippen LogP contribution in [-0.4, -0.2) is 29.9 Å². The minimum absolute atomic E-state index is 0.470. The summed E-state index contributed by atoms with van der Waals surface area (Å²) in [6.07, 6.45) is 5.05. The third-order valence-corrected chi connectivity index (χ3v) is 5.12. The van der Waals surface area contributed by atoms with Gasteiger partial charge in [-0.1, -0.05) is 43.6 Å². The highest BCUT2D eigenvalue weighted by Gasteiger charge is 2.28. The third kappa shape index (κ3) is 4.44. The maximum absolute atomic E-state index is 3.69. The van der Waals surface area contributed by atoms with Gasteiger partial charge < -0.3 is 4.90 Å². The fourth-order valence-electron chi connectivity index (χ4n) is 2.28. The Labute approximate surface area is 105 Å². The molecule has 0 bridgehead atoms. The van der Waals surface area contributed by atoms with Crippen molar-refractivity contribution in [2.75, 3.05) is 18.9 Å². The van der Waals surface area contributed by atoms with E-state index in [0.29, 0.717) is 5.41 Å². The Balaban J connectivity index is 4.39. The Hall–Kier alpha value is 0.440. The molecule has 0 aliphatic carbocycles. The molecular weight excluding hydrogens is 250 g/mol. The molecule has 1 nitrogen and oxygen atoms in total. The van der Waals surface area contributed by atoms with Crippen molar-refractivity contribution >= 4 is 15.9 Å². The third-order valence-electron chi connectivity index (χ3n) is 3.93. The zero-order valence-corrected chi connectivity index (χ0v) is 12.7. The van der Waals surface area contributed by atoms with Crippen molar-refractivity contribution in [1.29, 1.82) is 0 Å². The van der Waals surface area contributed by atoms with Crippen LogP contribution in [0, 0.1) is 5.41 Å². The van der Waals surface area contributed by atoms with E-state index in [1.54, 1.807) is 0 Å². The SMILES string of the molecule is CCC(CC)N(C)CC(CC)(CC)CBr. The molecule has 2 heteroatoms. The molecule has 0 fully saturated rings. The molecule has 0 heterocycles. The first-order valence-corrected chi connectivity index (χ1v) is 7.47. The highest BCUT2D eigenvalue weighted by molar-refractivity contribution is 9.09. The molecule has 15 heavy (non-hydrogen) atoms. The minimum Gasteiger partial charge on any atom is -0.303 e. The van der Waals surface area contributed by atoms with Crippen LogP contribution >= 0.6 is 15.9 Å². The van der Waals surface area contributed by atoms with Crippen molar-refractivity contribution in [3.8, 4) is 0 Å². The van der Waals surface area contributed by atoms with E-state index in [-0.39, 0.29) is 0 Å². The molecule has 0 aliphatic rings. The average Bonchev–Trinajstić information content (AvgIpc) is 2.28. The van der Waals surface area contributed by atoms with Gasteiger partial charge in [-0.2, -0.15) is 0 Å². The summed E-state index contributed by atoms with van der Waals surface area (Å²) in [6.45, 7) is 10.4. The van der Waals surface area contributed by atoms with E-state index in [9.17, 15) is 0 Å². The van der Waals surface area contributed by atoms with Gasteiger partial charge in [-0.15, -0.1) is 0 Å². The molecule has 0 amide bonds. The van der Waals surface area contributed by atoms with Gasteiger partial charge >= 0.3 is 0 Å². The van der Waals surface area contributed by atoms with Crippen LogP contribution in [0.1, 0.15) is 53.4 Å². The standard InChI is InChI=1S/C13H28BrN/c1-6-12(7-2)15(5)11-13(8-3,9-4)10-14/h12H,6-11H2,1-5H3. The zero-order valence-electron chi connectivity index (χ0n) is 11.1. The number of hydrogen-bond acceptors (Lipinski definition) is 1. The van der Waals surface area contributed by atoms with E-state index in [1.165, 1.54) is 32.2 Å². The maximum Gasteiger partial charge on any atom is 0.01000 e. The summed E-state index contributed by atoms with van der Waals surface area (Å²) < 4.78 is 0. The van der Waals surface area contributed by atoms with E-state index >= 15 is 0 Å². The summed E-state index contributed by atoms with van der Waals surface area (Å²) in [4.78, 5) is 2.55. The summed E-state index contributed by atoms with van der Waals surface area (Å²) in [7, 11) is 2.28. The fourth-order valence-corrected chi connectivity index (χ4v) is 3.25. The maximum atomic E-state index is 3.69. The second-order valence-corrected chi connectivity index (χ2v) is 5.29. The molecule has 0 rings (SSSR count). The number of rotatable bonds is 8. The summed E-state index contributed by atoms with van der Waals surface area (Å²) in [5.74, 6) is 0. The first-order chi connectivity index (χ1) is 7.09. The highest BCUT2D eigenvalue weighted by Crippen LogP contribution is 2.30. The number of nitrogens with zero attached hydrogens (tertiary/aromatic N) is 1. The first-order valence-electron chi connectivity index (χ1n) is 6.35. The topological polar surface area (TPSA) is 3.24 Å². The van der Waals surface area contributed by atoms with Gasteiger partial charge in [0, 0.05) is 17.9 Å². The Morgan fingerprint density at radius 2 is 1.53 bits per heavy atom. The molecule has 0 aromatic rings. The number of hydrogen-bond donors (Lipinski definition) is 0. The second kappa shape index (κ2) is 7.67. The lowest BCUT2D eigenvalue weighted by Gasteiger charge is -2.37. The fraction of sp³-hybridized carbons (Fsp3) is 1.00. The van der Waals surface area contributed by atoms with Gasteiger partial charge in [0.2, 0.25) is 0 Å². The molecule has 0 aromatic carbocycles. The van der Waals surface area contributed by atoms with Crippen LogP contribution in [0.5, 0.6) is 0 Å². The number of halogens is 1. The predicted octanol–water partition coefficient (Wildman–Crippen LogP) is 4.31. The molecule has 0 saturated heterocycles. The first kappa shape index (κ1) is 15.4. The number of alkyl halides is 1. The van der Waals surface area contributed by atoms with E-state index in [2.05, 4.69) is 55.6 Å². The van der Waals surface area contributed by atoms with Crippen LogP contribution in [0.15, 0.2) is 0 Å².